The van der Waals surface area contributed by atoms with Crippen molar-refractivity contribution >= 4 is 23.3 Å². The van der Waals surface area contributed by atoms with Gasteiger partial charge in [0, 0.05) is 24.2 Å². The number of aromatic nitrogens is 2. The summed E-state index contributed by atoms with van der Waals surface area (Å²) >= 11 is 0. The highest BCUT2D eigenvalue weighted by Crippen LogP contribution is 2.24. The molecule has 0 aliphatic carbocycles. The van der Waals surface area contributed by atoms with Crippen LogP contribution in [0.25, 0.3) is 0 Å². The van der Waals surface area contributed by atoms with Crippen LogP contribution in [0.5, 0.6) is 11.6 Å². The molecule has 148 valence electrons. The molecular formula is C20H17FN4O4. The second-order valence-corrected chi connectivity index (χ2v) is 5.96. The number of carbonyl (C=O) groups excluding carboxylic acids is 2. The van der Waals surface area contributed by atoms with E-state index < -0.39 is 17.8 Å². The Labute approximate surface area is 165 Å². The van der Waals surface area contributed by atoms with Crippen molar-refractivity contribution in [3.05, 3.63) is 72.3 Å². The van der Waals surface area contributed by atoms with Gasteiger partial charge in [-0.05, 0) is 30.3 Å². The lowest BCUT2D eigenvalue weighted by Crippen LogP contribution is -2.21. The Morgan fingerprint density at radius 1 is 1.07 bits per heavy atom. The third kappa shape index (κ3) is 5.33. The zero-order valence-electron chi connectivity index (χ0n) is 15.3. The molecule has 1 heterocycles. The molecule has 1 atom stereocenters. The highest BCUT2D eigenvalue weighted by molar-refractivity contribution is 5.94. The van der Waals surface area contributed by atoms with Crippen LogP contribution >= 0.6 is 0 Å². The van der Waals surface area contributed by atoms with Gasteiger partial charge in [0.05, 0.1) is 0 Å². The average Bonchev–Trinajstić information content (AvgIpc) is 2.69. The van der Waals surface area contributed by atoms with Crippen LogP contribution in [0, 0.1) is 5.82 Å². The third-order valence-corrected chi connectivity index (χ3v) is 3.74. The van der Waals surface area contributed by atoms with E-state index in [2.05, 4.69) is 20.6 Å². The largest absolute Gasteiger partial charge is 0.439 e. The van der Waals surface area contributed by atoms with Crippen LogP contribution in [0.3, 0.4) is 0 Å². The predicted octanol–water partition coefficient (Wildman–Crippen LogP) is 3.04. The summed E-state index contributed by atoms with van der Waals surface area (Å²) in [6, 6.07) is 13.2. The fourth-order valence-corrected chi connectivity index (χ4v) is 2.42. The Morgan fingerprint density at radius 2 is 1.79 bits per heavy atom. The maximum Gasteiger partial charge on any atom is 0.257 e. The lowest BCUT2D eigenvalue weighted by Gasteiger charge is -2.13. The number of hydrogen-bond acceptors (Lipinski definition) is 6. The number of ether oxygens (including phenoxy) is 1. The highest BCUT2D eigenvalue weighted by atomic mass is 19.1. The van der Waals surface area contributed by atoms with Crippen LogP contribution in [-0.2, 0) is 9.59 Å². The first-order valence-corrected chi connectivity index (χ1v) is 8.53. The number of nitrogens with zero attached hydrogens (tertiary/aromatic N) is 2. The van der Waals surface area contributed by atoms with Crippen LogP contribution in [-0.4, -0.2) is 26.9 Å². The summed E-state index contributed by atoms with van der Waals surface area (Å²) in [4.78, 5) is 31.1. The van der Waals surface area contributed by atoms with Gasteiger partial charge in [0.25, 0.3) is 5.91 Å². The molecule has 0 radical (unpaired) electrons. The van der Waals surface area contributed by atoms with Crippen LogP contribution in [0.15, 0.2) is 60.9 Å². The maximum absolute atomic E-state index is 13.7. The highest BCUT2D eigenvalue weighted by Gasteiger charge is 2.20. The first-order valence-electron chi connectivity index (χ1n) is 8.53. The Bertz CT molecular complexity index is 1030. The zero-order chi connectivity index (χ0) is 20.8. The summed E-state index contributed by atoms with van der Waals surface area (Å²) in [5.74, 6) is -0.761. The summed E-state index contributed by atoms with van der Waals surface area (Å²) in [5.41, 5.74) is 0.281. The molecule has 0 saturated heterocycles. The first-order chi connectivity index (χ1) is 13.9. The topological polar surface area (TPSA) is 113 Å². The number of rotatable bonds is 6. The van der Waals surface area contributed by atoms with Gasteiger partial charge in [-0.25, -0.2) is 14.4 Å². The SMILES string of the molecule is CC(=O)Nc1cc(Oc2ccc(NC(=O)C(O)c3ccccc3F)cc2)ncn1. The van der Waals surface area contributed by atoms with Gasteiger partial charge in [0.2, 0.25) is 11.8 Å². The van der Waals surface area contributed by atoms with Gasteiger partial charge in [-0.3, -0.25) is 9.59 Å². The van der Waals surface area contributed by atoms with Crippen molar-refractivity contribution in [1.29, 1.82) is 0 Å². The molecular weight excluding hydrogens is 379 g/mol. The Balaban J connectivity index is 1.64. The summed E-state index contributed by atoms with van der Waals surface area (Å²) in [6.45, 7) is 1.36. The normalized spacial score (nSPS) is 11.4. The molecule has 2 amide bonds. The molecule has 1 unspecified atom stereocenters. The van der Waals surface area contributed by atoms with Gasteiger partial charge in [0.15, 0.2) is 6.10 Å². The summed E-state index contributed by atoms with van der Waals surface area (Å²) in [6.07, 6.45) is -0.389. The first kappa shape index (κ1) is 19.9. The van der Waals surface area contributed by atoms with Crippen LogP contribution < -0.4 is 15.4 Å². The lowest BCUT2D eigenvalue weighted by atomic mass is 10.1. The second-order valence-electron chi connectivity index (χ2n) is 5.96. The van der Waals surface area contributed by atoms with E-state index in [-0.39, 0.29) is 17.4 Å². The molecule has 0 saturated carbocycles. The van der Waals surface area contributed by atoms with E-state index in [9.17, 15) is 19.1 Å². The minimum absolute atomic E-state index is 0.108. The summed E-state index contributed by atoms with van der Waals surface area (Å²) < 4.78 is 19.3. The number of halogens is 1. The predicted molar refractivity (Wildman–Crippen MR) is 103 cm³/mol. The van der Waals surface area contributed by atoms with Crippen molar-refractivity contribution in [2.45, 2.75) is 13.0 Å². The lowest BCUT2D eigenvalue weighted by molar-refractivity contribution is -0.124. The van der Waals surface area contributed by atoms with E-state index in [0.29, 0.717) is 17.3 Å². The van der Waals surface area contributed by atoms with Gasteiger partial charge < -0.3 is 20.5 Å². The second kappa shape index (κ2) is 8.89. The van der Waals surface area contributed by atoms with E-state index in [1.165, 1.54) is 43.6 Å². The van der Waals surface area contributed by atoms with Crippen LogP contribution in [0.1, 0.15) is 18.6 Å². The van der Waals surface area contributed by atoms with E-state index in [0.717, 1.165) is 0 Å². The van der Waals surface area contributed by atoms with E-state index in [1.54, 1.807) is 24.3 Å². The number of nitrogens with one attached hydrogen (secondary N) is 2. The fraction of sp³-hybridized carbons (Fsp3) is 0.100. The monoisotopic (exact) mass is 396 g/mol. The number of benzene rings is 2. The molecule has 0 aliphatic heterocycles. The van der Waals surface area contributed by atoms with Crippen molar-refractivity contribution in [3.63, 3.8) is 0 Å². The van der Waals surface area contributed by atoms with Gasteiger partial charge in [-0.15, -0.1) is 0 Å². The zero-order valence-corrected chi connectivity index (χ0v) is 15.3. The number of hydrogen-bond donors (Lipinski definition) is 3. The fourth-order valence-electron chi connectivity index (χ4n) is 2.42. The van der Waals surface area contributed by atoms with Gasteiger partial charge in [-0.1, -0.05) is 18.2 Å². The van der Waals surface area contributed by atoms with E-state index in [4.69, 9.17) is 4.74 Å². The van der Waals surface area contributed by atoms with Gasteiger partial charge in [-0.2, -0.15) is 0 Å². The number of aliphatic hydroxyl groups is 1. The summed E-state index contributed by atoms with van der Waals surface area (Å²) in [5, 5.41) is 15.1. The van der Waals surface area contributed by atoms with Crippen LogP contribution in [0.4, 0.5) is 15.9 Å². The quantitative estimate of drug-likeness (QED) is 0.590. The van der Waals surface area contributed by atoms with E-state index >= 15 is 0 Å². The third-order valence-electron chi connectivity index (χ3n) is 3.74. The molecule has 1 aromatic heterocycles. The molecule has 0 aliphatic rings. The number of anilines is 2. The van der Waals surface area contributed by atoms with Crippen molar-refractivity contribution < 1.29 is 23.8 Å². The molecule has 9 heteroatoms. The number of amides is 2. The molecule has 3 N–H and O–H groups in total. The van der Waals surface area contributed by atoms with Crippen molar-refractivity contribution in [2.75, 3.05) is 10.6 Å². The maximum atomic E-state index is 13.7. The Kier molecular flexibility index (Phi) is 6.10. The molecule has 0 bridgehead atoms. The van der Waals surface area contributed by atoms with Crippen LogP contribution in [0.2, 0.25) is 0 Å². The molecule has 0 fully saturated rings. The standard InChI is InChI=1S/C20H17FN4O4/c1-12(26)24-17-10-18(23-11-22-17)29-14-8-6-13(7-9-14)25-20(28)19(27)15-4-2-3-5-16(15)21/h2-11,19,27H,1H3,(H,25,28)(H,22,23,24,26). The number of carbonyl (C=O) groups is 2. The van der Waals surface area contributed by atoms with Gasteiger partial charge >= 0.3 is 0 Å². The Morgan fingerprint density at radius 3 is 2.48 bits per heavy atom. The minimum atomic E-state index is -1.64. The molecule has 3 aromatic rings. The molecule has 0 spiro atoms. The number of aliphatic hydroxyl groups excluding tert-OH is 1. The van der Waals surface area contributed by atoms with Gasteiger partial charge in [0.1, 0.15) is 23.7 Å². The van der Waals surface area contributed by atoms with Crippen molar-refractivity contribution in [2.24, 2.45) is 0 Å². The van der Waals surface area contributed by atoms with E-state index in [1.807, 2.05) is 0 Å². The smallest absolute Gasteiger partial charge is 0.257 e. The molecule has 29 heavy (non-hydrogen) atoms. The molecule has 2 aromatic carbocycles. The average molecular weight is 396 g/mol. The summed E-state index contributed by atoms with van der Waals surface area (Å²) in [7, 11) is 0. The van der Waals surface area contributed by atoms with Crippen molar-refractivity contribution in [3.8, 4) is 11.6 Å². The molecule has 8 nitrogen and oxygen atoms in total. The van der Waals surface area contributed by atoms with Crippen molar-refractivity contribution in [1.82, 2.24) is 9.97 Å². The molecule has 3 rings (SSSR count). The Hall–Kier alpha value is -3.85. The minimum Gasteiger partial charge on any atom is -0.439 e.